The number of anilines is 1. The fraction of sp³-hybridized carbons (Fsp3) is 0.111. The number of oxazole rings is 1. The quantitative estimate of drug-likeness (QED) is 0.748. The Hall–Kier alpha value is -3.09. The van der Waals surface area contributed by atoms with Crippen molar-refractivity contribution in [2.75, 3.05) is 5.32 Å². The summed E-state index contributed by atoms with van der Waals surface area (Å²) >= 11 is 0. The Labute approximate surface area is 141 Å². The lowest BCUT2D eigenvalue weighted by molar-refractivity contribution is -0.116. The van der Waals surface area contributed by atoms with Crippen LogP contribution in [0.2, 0.25) is 0 Å². The fourth-order valence-corrected chi connectivity index (χ4v) is 2.24. The highest BCUT2D eigenvalue weighted by atomic mass is 19.1. The zero-order valence-electron chi connectivity index (χ0n) is 12.9. The van der Waals surface area contributed by atoms with Crippen LogP contribution in [0.4, 0.5) is 18.9 Å². The summed E-state index contributed by atoms with van der Waals surface area (Å²) in [6.45, 7) is 0. The van der Waals surface area contributed by atoms with Crippen molar-refractivity contribution in [1.82, 2.24) is 4.98 Å². The normalized spacial score (nSPS) is 10.7. The second kappa shape index (κ2) is 7.21. The number of hydrogen-bond donors (Lipinski definition) is 1. The third kappa shape index (κ3) is 4.06. The Bertz CT molecular complexity index is 909. The number of aromatic nitrogens is 1. The zero-order chi connectivity index (χ0) is 17.8. The van der Waals surface area contributed by atoms with Crippen molar-refractivity contribution < 1.29 is 22.4 Å². The van der Waals surface area contributed by atoms with Crippen LogP contribution in [0.15, 0.2) is 53.1 Å². The van der Waals surface area contributed by atoms with Gasteiger partial charge in [0.05, 0.1) is 17.4 Å². The van der Waals surface area contributed by atoms with E-state index in [2.05, 4.69) is 10.3 Å². The molecule has 1 heterocycles. The van der Waals surface area contributed by atoms with E-state index in [1.54, 1.807) is 18.2 Å². The van der Waals surface area contributed by atoms with Gasteiger partial charge >= 0.3 is 0 Å². The summed E-state index contributed by atoms with van der Waals surface area (Å²) in [7, 11) is 0. The number of benzene rings is 2. The van der Waals surface area contributed by atoms with Crippen molar-refractivity contribution in [1.29, 1.82) is 0 Å². The third-order valence-corrected chi connectivity index (χ3v) is 3.46. The highest BCUT2D eigenvalue weighted by Gasteiger charge is 2.13. The number of nitrogens with one attached hydrogen (secondary N) is 1. The maximum Gasteiger partial charge on any atom is 0.224 e. The van der Waals surface area contributed by atoms with Crippen LogP contribution in [0.3, 0.4) is 0 Å². The SMILES string of the molecule is O=C(CCc1ncc(-c2ccccc2F)o1)Nc1ccc(F)cc1F. The molecule has 0 saturated carbocycles. The van der Waals surface area contributed by atoms with E-state index in [4.69, 9.17) is 4.42 Å². The van der Waals surface area contributed by atoms with Crippen LogP contribution in [-0.2, 0) is 11.2 Å². The Morgan fingerprint density at radius 1 is 1.08 bits per heavy atom. The molecule has 2 aromatic carbocycles. The Kier molecular flexibility index (Phi) is 4.83. The van der Waals surface area contributed by atoms with E-state index >= 15 is 0 Å². The number of amides is 1. The van der Waals surface area contributed by atoms with Crippen molar-refractivity contribution >= 4 is 11.6 Å². The first-order valence-electron chi connectivity index (χ1n) is 7.47. The molecule has 0 atom stereocenters. The highest BCUT2D eigenvalue weighted by Crippen LogP contribution is 2.23. The summed E-state index contributed by atoms with van der Waals surface area (Å²) in [5.41, 5.74) is 0.171. The van der Waals surface area contributed by atoms with Crippen LogP contribution < -0.4 is 5.32 Å². The number of carbonyl (C=O) groups excluding carboxylic acids is 1. The van der Waals surface area contributed by atoms with Gasteiger partial charge in [-0.25, -0.2) is 18.2 Å². The lowest BCUT2D eigenvalue weighted by atomic mass is 10.2. The molecule has 1 aromatic heterocycles. The lowest BCUT2D eigenvalue weighted by Gasteiger charge is -2.05. The van der Waals surface area contributed by atoms with Crippen molar-refractivity contribution in [3.63, 3.8) is 0 Å². The van der Waals surface area contributed by atoms with Crippen LogP contribution in [0.5, 0.6) is 0 Å². The molecule has 0 bridgehead atoms. The molecule has 0 spiro atoms. The predicted octanol–water partition coefficient (Wildman–Crippen LogP) is 4.33. The second-order valence-electron chi connectivity index (χ2n) is 5.27. The van der Waals surface area contributed by atoms with E-state index in [9.17, 15) is 18.0 Å². The highest BCUT2D eigenvalue weighted by molar-refractivity contribution is 5.90. The molecule has 7 heteroatoms. The largest absolute Gasteiger partial charge is 0.441 e. The molecule has 1 amide bonds. The summed E-state index contributed by atoms with van der Waals surface area (Å²) < 4.78 is 45.4. The zero-order valence-corrected chi connectivity index (χ0v) is 12.9. The molecule has 4 nitrogen and oxygen atoms in total. The maximum atomic E-state index is 13.7. The lowest BCUT2D eigenvalue weighted by Crippen LogP contribution is -2.13. The molecule has 128 valence electrons. The number of halogens is 3. The Morgan fingerprint density at radius 2 is 1.88 bits per heavy atom. The van der Waals surface area contributed by atoms with Gasteiger partial charge in [0.1, 0.15) is 17.5 Å². The van der Waals surface area contributed by atoms with E-state index in [1.165, 1.54) is 12.3 Å². The van der Waals surface area contributed by atoms with E-state index < -0.39 is 23.4 Å². The minimum Gasteiger partial charge on any atom is -0.441 e. The van der Waals surface area contributed by atoms with Crippen LogP contribution in [-0.4, -0.2) is 10.9 Å². The first-order valence-corrected chi connectivity index (χ1v) is 7.47. The number of rotatable bonds is 5. The van der Waals surface area contributed by atoms with Gasteiger partial charge in [0.2, 0.25) is 5.91 Å². The van der Waals surface area contributed by atoms with Gasteiger partial charge < -0.3 is 9.73 Å². The van der Waals surface area contributed by atoms with Crippen LogP contribution in [0.1, 0.15) is 12.3 Å². The van der Waals surface area contributed by atoms with Crippen molar-refractivity contribution in [3.05, 3.63) is 72.0 Å². The molecular weight excluding hydrogens is 333 g/mol. The summed E-state index contributed by atoms with van der Waals surface area (Å²) in [6.07, 6.45) is 1.52. The van der Waals surface area contributed by atoms with Gasteiger partial charge in [0, 0.05) is 18.9 Å². The minimum absolute atomic E-state index is 0.0198. The molecule has 0 fully saturated rings. The average molecular weight is 346 g/mol. The third-order valence-electron chi connectivity index (χ3n) is 3.46. The number of aryl methyl sites for hydroxylation is 1. The first-order chi connectivity index (χ1) is 12.0. The maximum absolute atomic E-state index is 13.7. The number of nitrogens with zero attached hydrogens (tertiary/aromatic N) is 1. The van der Waals surface area contributed by atoms with Crippen molar-refractivity contribution in [2.24, 2.45) is 0 Å². The smallest absolute Gasteiger partial charge is 0.224 e. The fourth-order valence-electron chi connectivity index (χ4n) is 2.24. The van der Waals surface area contributed by atoms with Gasteiger partial charge in [-0.2, -0.15) is 0 Å². The van der Waals surface area contributed by atoms with Gasteiger partial charge in [-0.05, 0) is 24.3 Å². The van der Waals surface area contributed by atoms with Gasteiger partial charge in [-0.15, -0.1) is 0 Å². The van der Waals surface area contributed by atoms with Crippen LogP contribution in [0.25, 0.3) is 11.3 Å². The molecule has 0 unspecified atom stereocenters. The topological polar surface area (TPSA) is 55.1 Å². The first kappa shape index (κ1) is 16.8. The summed E-state index contributed by atoms with van der Waals surface area (Å²) in [5.74, 6) is -1.97. The molecule has 0 saturated heterocycles. The van der Waals surface area contributed by atoms with E-state index in [-0.39, 0.29) is 35.7 Å². The number of hydrogen-bond acceptors (Lipinski definition) is 3. The predicted molar refractivity (Wildman–Crippen MR) is 85.2 cm³/mol. The molecule has 25 heavy (non-hydrogen) atoms. The molecule has 3 rings (SSSR count). The van der Waals surface area contributed by atoms with Crippen LogP contribution >= 0.6 is 0 Å². The molecular formula is C18H13F3N2O2. The summed E-state index contributed by atoms with van der Waals surface area (Å²) in [5, 5.41) is 2.35. The Balaban J connectivity index is 1.60. The van der Waals surface area contributed by atoms with E-state index in [1.807, 2.05) is 0 Å². The summed E-state index contributed by atoms with van der Waals surface area (Å²) in [4.78, 5) is 15.9. The standard InChI is InChI=1S/C18H13F3N2O2/c19-11-5-6-15(14(21)9-11)23-17(24)7-8-18-22-10-16(25-18)12-3-1-2-4-13(12)20/h1-6,9-10H,7-8H2,(H,23,24). The number of carbonyl (C=O) groups is 1. The average Bonchev–Trinajstić information content (AvgIpc) is 3.05. The molecule has 0 aliphatic heterocycles. The van der Waals surface area contributed by atoms with Gasteiger partial charge in [-0.1, -0.05) is 12.1 Å². The van der Waals surface area contributed by atoms with Crippen molar-refractivity contribution in [3.8, 4) is 11.3 Å². The molecule has 0 aliphatic rings. The molecule has 0 radical (unpaired) electrons. The second-order valence-corrected chi connectivity index (χ2v) is 5.27. The van der Waals surface area contributed by atoms with Gasteiger partial charge in [0.25, 0.3) is 0 Å². The van der Waals surface area contributed by atoms with E-state index in [0.717, 1.165) is 12.1 Å². The Morgan fingerprint density at radius 3 is 2.64 bits per heavy atom. The minimum atomic E-state index is -0.855. The molecule has 1 N–H and O–H groups in total. The molecule has 0 aliphatic carbocycles. The van der Waals surface area contributed by atoms with Crippen LogP contribution in [0, 0.1) is 17.5 Å². The van der Waals surface area contributed by atoms with Crippen molar-refractivity contribution in [2.45, 2.75) is 12.8 Å². The van der Waals surface area contributed by atoms with E-state index in [0.29, 0.717) is 6.07 Å². The van der Waals surface area contributed by atoms with Gasteiger partial charge in [-0.3, -0.25) is 4.79 Å². The molecule has 3 aromatic rings. The summed E-state index contributed by atoms with van der Waals surface area (Å²) in [6, 6.07) is 8.98. The monoisotopic (exact) mass is 346 g/mol. The van der Waals surface area contributed by atoms with Gasteiger partial charge in [0.15, 0.2) is 11.7 Å².